The monoisotopic (exact) mass is 325 g/mol. The van der Waals surface area contributed by atoms with Crippen LogP contribution in [-0.4, -0.2) is 0 Å². The molecule has 1 aliphatic rings. The normalized spacial score (nSPS) is 13.9. The first-order valence-electron chi connectivity index (χ1n) is 8.56. The quantitative estimate of drug-likeness (QED) is 0.421. The van der Waals surface area contributed by atoms with Gasteiger partial charge >= 0.3 is 0 Å². The Morgan fingerprint density at radius 1 is 1.00 bits per heavy atom. The summed E-state index contributed by atoms with van der Waals surface area (Å²) in [5, 5.41) is 0. The molecular formula is C23H21N2+. The maximum atomic E-state index is 7.36. The number of rotatable bonds is 1. The number of pyridine rings is 1. The van der Waals surface area contributed by atoms with Crippen LogP contribution in [0.1, 0.15) is 30.5 Å². The van der Waals surface area contributed by atoms with Crippen molar-refractivity contribution < 1.29 is 4.57 Å². The van der Waals surface area contributed by atoms with Crippen LogP contribution in [0, 0.1) is 13.5 Å². The minimum atomic E-state index is -0.129. The van der Waals surface area contributed by atoms with Crippen LogP contribution in [-0.2, 0) is 12.5 Å². The molecule has 2 heteroatoms. The second-order valence-electron chi connectivity index (χ2n) is 7.34. The number of nitrogens with zero attached hydrogens (tertiary/aromatic N) is 2. The predicted octanol–water partition coefficient (Wildman–Crippen LogP) is 5.34. The van der Waals surface area contributed by atoms with Crippen molar-refractivity contribution in [1.29, 1.82) is 0 Å². The predicted molar refractivity (Wildman–Crippen MR) is 102 cm³/mol. The minimum absolute atomic E-state index is 0.129. The Bertz CT molecular complexity index is 1050. The largest absolute Gasteiger partial charge is 0.238 e. The molecule has 122 valence electrons. The van der Waals surface area contributed by atoms with E-state index in [9.17, 15) is 0 Å². The molecular weight excluding hydrogens is 304 g/mol. The molecule has 4 rings (SSSR count). The fourth-order valence-electron chi connectivity index (χ4n) is 4.18. The Kier molecular flexibility index (Phi) is 3.30. The van der Waals surface area contributed by atoms with Gasteiger partial charge in [-0.05, 0) is 40.8 Å². The van der Waals surface area contributed by atoms with Crippen molar-refractivity contribution in [3.63, 3.8) is 0 Å². The van der Waals surface area contributed by atoms with Crippen molar-refractivity contribution in [2.45, 2.75) is 26.2 Å². The van der Waals surface area contributed by atoms with Gasteiger partial charge in [0.15, 0.2) is 11.9 Å². The molecule has 0 saturated heterocycles. The van der Waals surface area contributed by atoms with Crippen LogP contribution in [0.4, 0.5) is 5.69 Å². The molecule has 25 heavy (non-hydrogen) atoms. The Balaban J connectivity index is 2.09. The van der Waals surface area contributed by atoms with E-state index in [1.165, 1.54) is 39.1 Å². The van der Waals surface area contributed by atoms with Crippen molar-refractivity contribution >= 4 is 5.69 Å². The lowest BCUT2D eigenvalue weighted by atomic mass is 9.78. The molecule has 0 N–H and O–H groups in total. The fraction of sp³-hybridized carbons (Fsp3) is 0.217. The summed E-state index contributed by atoms with van der Waals surface area (Å²) < 4.78 is 2.19. The van der Waals surface area contributed by atoms with E-state index in [1.807, 2.05) is 6.07 Å². The molecule has 1 aliphatic carbocycles. The maximum absolute atomic E-state index is 7.36. The van der Waals surface area contributed by atoms with E-state index in [4.69, 9.17) is 6.57 Å². The van der Waals surface area contributed by atoms with E-state index in [0.29, 0.717) is 5.69 Å². The SMILES string of the molecule is [C-]#[N+]c1ccc2c(c1)C(C)(C)c1c-2ccc(C)c1-c1cccc[n+]1C. The summed E-state index contributed by atoms with van der Waals surface area (Å²) in [5.74, 6) is 0. The molecule has 0 saturated carbocycles. The van der Waals surface area contributed by atoms with Crippen LogP contribution in [0.3, 0.4) is 0 Å². The van der Waals surface area contributed by atoms with Crippen molar-refractivity contribution in [2.75, 3.05) is 0 Å². The first-order valence-corrected chi connectivity index (χ1v) is 8.56. The topological polar surface area (TPSA) is 8.24 Å². The van der Waals surface area contributed by atoms with Crippen LogP contribution in [0.2, 0.25) is 0 Å². The number of fused-ring (bicyclic) bond motifs is 3. The first-order chi connectivity index (χ1) is 11.9. The summed E-state index contributed by atoms with van der Waals surface area (Å²) in [6.07, 6.45) is 2.10. The Hall–Kier alpha value is -2.92. The lowest BCUT2D eigenvalue weighted by Crippen LogP contribution is -2.31. The highest BCUT2D eigenvalue weighted by Crippen LogP contribution is 2.53. The lowest BCUT2D eigenvalue weighted by molar-refractivity contribution is -0.660. The average Bonchev–Trinajstić information content (AvgIpc) is 2.83. The standard InChI is InChI=1S/C23H21N2/c1-15-9-11-18-17-12-10-16(24-4)14-19(17)23(2,3)22(18)21(15)20-8-6-7-13-25(20)5/h6-14H,1-3,5H3/q+1. The Morgan fingerprint density at radius 3 is 2.48 bits per heavy atom. The van der Waals surface area contributed by atoms with Crippen LogP contribution < -0.4 is 4.57 Å². The van der Waals surface area contributed by atoms with Gasteiger partial charge < -0.3 is 0 Å². The van der Waals surface area contributed by atoms with Crippen LogP contribution in [0.5, 0.6) is 0 Å². The summed E-state index contributed by atoms with van der Waals surface area (Å²) in [5.41, 5.74) is 9.57. The van der Waals surface area contributed by atoms with Gasteiger partial charge in [0.05, 0.1) is 12.1 Å². The molecule has 1 aromatic heterocycles. The van der Waals surface area contributed by atoms with E-state index in [-0.39, 0.29) is 5.41 Å². The van der Waals surface area contributed by atoms with Gasteiger partial charge in [-0.15, -0.1) is 0 Å². The molecule has 3 aromatic rings. The zero-order valence-electron chi connectivity index (χ0n) is 15.1. The number of benzene rings is 2. The second kappa shape index (κ2) is 5.29. The molecule has 0 atom stereocenters. The first kappa shape index (κ1) is 15.6. The Morgan fingerprint density at radius 2 is 1.76 bits per heavy atom. The highest BCUT2D eigenvalue weighted by atomic mass is 14.9. The van der Waals surface area contributed by atoms with E-state index in [2.05, 4.69) is 85.9 Å². The second-order valence-corrected chi connectivity index (χ2v) is 7.34. The number of hydrogen-bond acceptors (Lipinski definition) is 0. The lowest BCUT2D eigenvalue weighted by Gasteiger charge is -2.24. The van der Waals surface area contributed by atoms with Gasteiger partial charge in [-0.25, -0.2) is 9.41 Å². The van der Waals surface area contributed by atoms with Gasteiger partial charge in [0.1, 0.15) is 7.05 Å². The third kappa shape index (κ3) is 2.13. The molecule has 1 heterocycles. The van der Waals surface area contributed by atoms with Crippen molar-refractivity contribution in [3.8, 4) is 22.4 Å². The highest BCUT2D eigenvalue weighted by Gasteiger charge is 2.39. The van der Waals surface area contributed by atoms with Crippen molar-refractivity contribution in [3.05, 3.63) is 82.8 Å². The molecule has 0 radical (unpaired) electrons. The van der Waals surface area contributed by atoms with Gasteiger partial charge in [-0.3, -0.25) is 0 Å². The third-order valence-corrected chi connectivity index (χ3v) is 5.45. The number of hydrogen-bond donors (Lipinski definition) is 0. The zero-order valence-corrected chi connectivity index (χ0v) is 15.1. The van der Waals surface area contributed by atoms with Crippen molar-refractivity contribution in [2.24, 2.45) is 7.05 Å². The zero-order chi connectivity index (χ0) is 17.8. The summed E-state index contributed by atoms with van der Waals surface area (Å²) >= 11 is 0. The summed E-state index contributed by atoms with van der Waals surface area (Å²) in [4.78, 5) is 3.63. The van der Waals surface area contributed by atoms with Gasteiger partial charge in [-0.2, -0.15) is 0 Å². The smallest absolute Gasteiger partial charge is 0.212 e. The third-order valence-electron chi connectivity index (χ3n) is 5.45. The van der Waals surface area contributed by atoms with Gasteiger partial charge in [-0.1, -0.05) is 44.2 Å². The van der Waals surface area contributed by atoms with E-state index in [0.717, 1.165) is 0 Å². The molecule has 0 bridgehead atoms. The molecule has 2 aromatic carbocycles. The fourth-order valence-corrected chi connectivity index (χ4v) is 4.18. The van der Waals surface area contributed by atoms with Crippen LogP contribution in [0.15, 0.2) is 54.7 Å². The molecule has 0 amide bonds. The van der Waals surface area contributed by atoms with Gasteiger partial charge in [0.25, 0.3) is 0 Å². The number of aromatic nitrogens is 1. The Labute approximate surface area is 149 Å². The van der Waals surface area contributed by atoms with E-state index >= 15 is 0 Å². The van der Waals surface area contributed by atoms with Crippen molar-refractivity contribution in [1.82, 2.24) is 0 Å². The minimum Gasteiger partial charge on any atom is -0.238 e. The molecule has 2 nitrogen and oxygen atoms in total. The summed E-state index contributed by atoms with van der Waals surface area (Å²) in [7, 11) is 2.10. The summed E-state index contributed by atoms with van der Waals surface area (Å²) in [6, 6.07) is 16.9. The molecule has 0 unspecified atom stereocenters. The summed E-state index contributed by atoms with van der Waals surface area (Å²) in [6.45, 7) is 14.1. The maximum Gasteiger partial charge on any atom is 0.212 e. The molecule has 0 spiro atoms. The van der Waals surface area contributed by atoms with Gasteiger partial charge in [0, 0.05) is 17.5 Å². The molecule has 0 aliphatic heterocycles. The molecule has 0 fully saturated rings. The number of aryl methyl sites for hydroxylation is 2. The van der Waals surface area contributed by atoms with Crippen LogP contribution in [0.25, 0.3) is 27.2 Å². The van der Waals surface area contributed by atoms with Crippen LogP contribution >= 0.6 is 0 Å². The highest BCUT2D eigenvalue weighted by molar-refractivity contribution is 5.89. The average molecular weight is 325 g/mol. The van der Waals surface area contributed by atoms with E-state index in [1.54, 1.807) is 0 Å². The van der Waals surface area contributed by atoms with Gasteiger partial charge in [0.2, 0.25) is 5.69 Å². The van der Waals surface area contributed by atoms with E-state index < -0.39 is 0 Å².